The third-order valence-electron chi connectivity index (χ3n) is 5.41. The molecule has 1 aliphatic heterocycles. The van der Waals surface area contributed by atoms with E-state index in [1.807, 2.05) is 0 Å². The average Bonchev–Trinajstić information content (AvgIpc) is 3.07. The van der Waals surface area contributed by atoms with Gasteiger partial charge in [-0.15, -0.1) is 0 Å². The minimum absolute atomic E-state index is 0.642. The van der Waals surface area contributed by atoms with E-state index in [1.54, 1.807) is 7.11 Å². The van der Waals surface area contributed by atoms with Crippen LogP contribution in [0.3, 0.4) is 0 Å². The predicted octanol–water partition coefficient (Wildman–Crippen LogP) is 4.86. The fraction of sp³-hybridized carbons (Fsp3) is 0.364. The van der Waals surface area contributed by atoms with Crippen molar-refractivity contribution in [2.24, 2.45) is 0 Å². The van der Waals surface area contributed by atoms with Gasteiger partial charge in [-0.1, -0.05) is 35.9 Å². The van der Waals surface area contributed by atoms with Crippen LogP contribution in [0.25, 0.3) is 10.9 Å². The third kappa shape index (κ3) is 3.42. The number of aromatic nitrogens is 1. The molecule has 3 heteroatoms. The van der Waals surface area contributed by atoms with Crippen molar-refractivity contribution in [1.29, 1.82) is 0 Å². The summed E-state index contributed by atoms with van der Waals surface area (Å²) < 4.78 is 5.53. The smallest absolute Gasteiger partial charge is 0.123 e. The number of benzene rings is 2. The second kappa shape index (κ2) is 6.93. The number of rotatable bonds is 4. The lowest BCUT2D eigenvalue weighted by molar-refractivity contribution is 0.201. The first kappa shape index (κ1) is 16.2. The van der Waals surface area contributed by atoms with Gasteiger partial charge in [0.1, 0.15) is 5.75 Å². The molecule has 1 fully saturated rings. The van der Waals surface area contributed by atoms with E-state index in [2.05, 4.69) is 65.3 Å². The number of nitrogens with zero attached hydrogens (tertiary/aromatic N) is 1. The van der Waals surface area contributed by atoms with Crippen LogP contribution in [-0.2, 0) is 6.54 Å². The van der Waals surface area contributed by atoms with Crippen LogP contribution in [0.5, 0.6) is 5.75 Å². The number of para-hydroxylation sites is 1. The number of hydrogen-bond acceptors (Lipinski definition) is 2. The number of aromatic amines is 1. The van der Waals surface area contributed by atoms with Crippen LogP contribution >= 0.6 is 0 Å². The minimum Gasteiger partial charge on any atom is -0.496 e. The molecule has 3 aromatic rings. The van der Waals surface area contributed by atoms with Crippen molar-refractivity contribution in [1.82, 2.24) is 9.88 Å². The van der Waals surface area contributed by atoms with Gasteiger partial charge in [-0.25, -0.2) is 0 Å². The Labute approximate surface area is 149 Å². The number of fused-ring (bicyclic) bond motifs is 1. The van der Waals surface area contributed by atoms with E-state index in [0.29, 0.717) is 5.92 Å². The summed E-state index contributed by atoms with van der Waals surface area (Å²) >= 11 is 0. The maximum atomic E-state index is 5.53. The fourth-order valence-corrected chi connectivity index (χ4v) is 3.99. The van der Waals surface area contributed by atoms with E-state index in [9.17, 15) is 0 Å². The van der Waals surface area contributed by atoms with Gasteiger partial charge >= 0.3 is 0 Å². The number of nitrogens with one attached hydrogen (secondary N) is 1. The summed E-state index contributed by atoms with van der Waals surface area (Å²) in [6.07, 6.45) is 2.42. The Bertz CT molecular complexity index is 826. The van der Waals surface area contributed by atoms with Crippen molar-refractivity contribution < 1.29 is 4.74 Å². The van der Waals surface area contributed by atoms with Crippen molar-refractivity contribution in [3.8, 4) is 5.75 Å². The lowest BCUT2D eigenvalue weighted by Crippen LogP contribution is -2.32. The molecule has 3 nitrogen and oxygen atoms in total. The number of likely N-dealkylation sites (tertiary alicyclic amines) is 1. The van der Waals surface area contributed by atoms with E-state index >= 15 is 0 Å². The second-order valence-corrected chi connectivity index (χ2v) is 7.18. The first-order valence-corrected chi connectivity index (χ1v) is 9.16. The quantitative estimate of drug-likeness (QED) is 0.737. The summed E-state index contributed by atoms with van der Waals surface area (Å²) in [4.78, 5) is 6.17. The predicted molar refractivity (Wildman–Crippen MR) is 103 cm³/mol. The Morgan fingerprint density at radius 3 is 2.64 bits per heavy atom. The normalized spacial score (nSPS) is 16.4. The van der Waals surface area contributed by atoms with Crippen molar-refractivity contribution in [2.45, 2.75) is 32.2 Å². The number of methoxy groups -OCH3 is 1. The zero-order chi connectivity index (χ0) is 17.2. The maximum Gasteiger partial charge on any atom is 0.123 e. The molecule has 1 aliphatic rings. The van der Waals surface area contributed by atoms with Gasteiger partial charge in [-0.3, -0.25) is 4.90 Å². The molecule has 1 aromatic heterocycles. The summed E-state index contributed by atoms with van der Waals surface area (Å²) in [7, 11) is 1.76. The molecule has 0 unspecified atom stereocenters. The standard InChI is InChI=1S/C22H26N2O/c1-16-7-8-22(25-2)19(13-16)15-24-11-9-17(10-12-24)21-14-18-5-3-4-6-20(18)23-21/h3-8,13-14,17,23H,9-12,15H2,1-2H3. The maximum absolute atomic E-state index is 5.53. The van der Waals surface area contributed by atoms with Crippen LogP contribution in [0.2, 0.25) is 0 Å². The number of hydrogen-bond donors (Lipinski definition) is 1. The third-order valence-corrected chi connectivity index (χ3v) is 5.41. The van der Waals surface area contributed by atoms with Crippen LogP contribution in [0, 0.1) is 6.92 Å². The molecule has 0 saturated carbocycles. The fourth-order valence-electron chi connectivity index (χ4n) is 3.99. The van der Waals surface area contributed by atoms with Crippen molar-refractivity contribution in [3.05, 3.63) is 65.4 Å². The average molecular weight is 334 g/mol. The summed E-state index contributed by atoms with van der Waals surface area (Å²) in [5.74, 6) is 1.64. The van der Waals surface area contributed by atoms with Crippen molar-refractivity contribution >= 4 is 10.9 Å². The van der Waals surface area contributed by atoms with E-state index in [0.717, 1.165) is 25.4 Å². The van der Waals surface area contributed by atoms with Crippen LogP contribution in [0.1, 0.15) is 35.6 Å². The Morgan fingerprint density at radius 2 is 1.88 bits per heavy atom. The molecule has 4 rings (SSSR count). The highest BCUT2D eigenvalue weighted by atomic mass is 16.5. The zero-order valence-electron chi connectivity index (χ0n) is 15.1. The SMILES string of the molecule is COc1ccc(C)cc1CN1CCC(c2cc3ccccc3[nH]2)CC1. The van der Waals surface area contributed by atoms with Gasteiger partial charge in [0.25, 0.3) is 0 Å². The number of piperidine rings is 1. The molecule has 2 heterocycles. The molecule has 0 radical (unpaired) electrons. The number of ether oxygens (including phenoxy) is 1. The van der Waals surface area contributed by atoms with Gasteiger partial charge in [-0.2, -0.15) is 0 Å². The lowest BCUT2D eigenvalue weighted by Gasteiger charge is -2.32. The summed E-state index contributed by atoms with van der Waals surface area (Å²) in [5, 5.41) is 1.32. The van der Waals surface area contributed by atoms with Gasteiger partial charge < -0.3 is 9.72 Å². The number of H-pyrrole nitrogens is 1. The van der Waals surface area contributed by atoms with Gasteiger partial charge in [0, 0.05) is 29.2 Å². The van der Waals surface area contributed by atoms with E-state index < -0.39 is 0 Å². The highest BCUT2D eigenvalue weighted by Gasteiger charge is 2.22. The molecule has 0 amide bonds. The van der Waals surface area contributed by atoms with E-state index in [1.165, 1.54) is 40.6 Å². The highest BCUT2D eigenvalue weighted by molar-refractivity contribution is 5.80. The highest BCUT2D eigenvalue weighted by Crippen LogP contribution is 2.31. The Kier molecular flexibility index (Phi) is 4.50. The second-order valence-electron chi connectivity index (χ2n) is 7.18. The molecule has 0 atom stereocenters. The Hall–Kier alpha value is -2.26. The van der Waals surface area contributed by atoms with Gasteiger partial charge in [0.2, 0.25) is 0 Å². The number of aryl methyl sites for hydroxylation is 1. The van der Waals surface area contributed by atoms with Crippen molar-refractivity contribution in [2.75, 3.05) is 20.2 Å². The van der Waals surface area contributed by atoms with Gasteiger partial charge in [-0.05, 0) is 56.4 Å². The molecule has 25 heavy (non-hydrogen) atoms. The minimum atomic E-state index is 0.642. The topological polar surface area (TPSA) is 28.3 Å². The summed E-state index contributed by atoms with van der Waals surface area (Å²) in [5.41, 5.74) is 5.24. The van der Waals surface area contributed by atoms with E-state index in [-0.39, 0.29) is 0 Å². The van der Waals surface area contributed by atoms with Crippen molar-refractivity contribution in [3.63, 3.8) is 0 Å². The van der Waals surface area contributed by atoms with E-state index in [4.69, 9.17) is 4.74 Å². The zero-order valence-corrected chi connectivity index (χ0v) is 15.1. The van der Waals surface area contributed by atoms with Crippen LogP contribution < -0.4 is 4.74 Å². The van der Waals surface area contributed by atoms with Crippen LogP contribution in [0.15, 0.2) is 48.5 Å². The van der Waals surface area contributed by atoms with Crippen LogP contribution in [-0.4, -0.2) is 30.1 Å². The first-order valence-electron chi connectivity index (χ1n) is 9.16. The molecule has 0 bridgehead atoms. The molecule has 1 saturated heterocycles. The summed E-state index contributed by atoms with van der Waals surface area (Å²) in [6.45, 7) is 5.39. The Balaban J connectivity index is 1.42. The molecule has 2 aromatic carbocycles. The molecule has 130 valence electrons. The Morgan fingerprint density at radius 1 is 1.08 bits per heavy atom. The molecule has 0 aliphatic carbocycles. The summed E-state index contributed by atoms with van der Waals surface area (Å²) in [6, 6.07) is 17.3. The van der Waals surface area contributed by atoms with Crippen LogP contribution in [0.4, 0.5) is 0 Å². The molecule has 1 N–H and O–H groups in total. The molecule has 0 spiro atoms. The van der Waals surface area contributed by atoms with Gasteiger partial charge in [0.05, 0.1) is 7.11 Å². The monoisotopic (exact) mass is 334 g/mol. The van der Waals surface area contributed by atoms with Gasteiger partial charge in [0.15, 0.2) is 0 Å². The largest absolute Gasteiger partial charge is 0.496 e. The first-order chi connectivity index (χ1) is 12.2. The molecular formula is C22H26N2O. The molecular weight excluding hydrogens is 308 g/mol. The lowest BCUT2D eigenvalue weighted by atomic mass is 9.93.